The molecule has 0 bridgehead atoms. The smallest absolute Gasteiger partial charge is 0.339 e. The predicted molar refractivity (Wildman–Crippen MR) is 60.7 cm³/mol. The number of alkyl halides is 3. The number of nitrogens with zero attached hydrogens (tertiary/aromatic N) is 2. The van der Waals surface area contributed by atoms with E-state index in [1.807, 2.05) is 0 Å². The van der Waals surface area contributed by atoms with Crippen LogP contribution in [0.15, 0.2) is 6.20 Å². The van der Waals surface area contributed by atoms with E-state index in [1.54, 1.807) is 6.92 Å². The van der Waals surface area contributed by atoms with E-state index in [1.165, 1.54) is 13.1 Å². The molecular formula is C10H13F3N2OS. The minimum Gasteiger partial charge on any atom is -0.339 e. The fourth-order valence-electron chi connectivity index (χ4n) is 1.30. The van der Waals surface area contributed by atoms with Crippen molar-refractivity contribution >= 4 is 22.3 Å². The third-order valence-electron chi connectivity index (χ3n) is 1.97. The summed E-state index contributed by atoms with van der Waals surface area (Å²) < 4.78 is 37.0. The monoisotopic (exact) mass is 266 g/mol. The van der Waals surface area contributed by atoms with Crippen molar-refractivity contribution in [2.45, 2.75) is 26.4 Å². The summed E-state index contributed by atoms with van der Waals surface area (Å²) in [5.41, 5.74) is 0. The van der Waals surface area contributed by atoms with Crippen LogP contribution in [0.5, 0.6) is 0 Å². The molecule has 3 nitrogen and oxygen atoms in total. The van der Waals surface area contributed by atoms with Gasteiger partial charge >= 0.3 is 6.18 Å². The first-order chi connectivity index (χ1) is 7.83. The van der Waals surface area contributed by atoms with Gasteiger partial charge in [0.1, 0.15) is 6.54 Å². The second kappa shape index (κ2) is 5.48. The Morgan fingerprint density at radius 2 is 2.18 bits per heavy atom. The minimum absolute atomic E-state index is 0.183. The zero-order valence-corrected chi connectivity index (χ0v) is 10.4. The Morgan fingerprint density at radius 3 is 2.59 bits per heavy atom. The summed E-state index contributed by atoms with van der Waals surface area (Å²) in [5, 5.41) is 0.245. The molecular weight excluding hydrogens is 253 g/mol. The van der Waals surface area contributed by atoms with Crippen LogP contribution in [-0.4, -0.2) is 30.0 Å². The molecule has 1 rings (SSSR count). The molecule has 1 aromatic heterocycles. The van der Waals surface area contributed by atoms with E-state index in [2.05, 4.69) is 4.98 Å². The molecule has 1 heterocycles. The summed E-state index contributed by atoms with van der Waals surface area (Å²) in [4.78, 5) is 16.4. The van der Waals surface area contributed by atoms with Gasteiger partial charge in [-0.3, -0.25) is 4.79 Å². The molecule has 0 aliphatic carbocycles. The Bertz CT molecular complexity index is 389. The van der Waals surface area contributed by atoms with Gasteiger partial charge in [-0.25, -0.2) is 4.98 Å². The summed E-state index contributed by atoms with van der Waals surface area (Å²) >= 11 is 0.995. The van der Waals surface area contributed by atoms with Gasteiger partial charge in [-0.1, -0.05) is 18.3 Å². The van der Waals surface area contributed by atoms with E-state index in [0.29, 0.717) is 11.3 Å². The van der Waals surface area contributed by atoms with Crippen molar-refractivity contribution in [3.05, 3.63) is 11.1 Å². The number of hydrogen-bond acceptors (Lipinski definition) is 4. The number of halogens is 3. The number of Topliss-reactive ketones (excluding diaryl/α,β-unsaturated/α-hetero) is 1. The van der Waals surface area contributed by atoms with Crippen LogP contribution in [0.2, 0.25) is 0 Å². The van der Waals surface area contributed by atoms with Crippen molar-refractivity contribution in [2.75, 3.05) is 18.0 Å². The topological polar surface area (TPSA) is 33.2 Å². The van der Waals surface area contributed by atoms with Crippen molar-refractivity contribution in [1.82, 2.24) is 4.98 Å². The number of thiazole rings is 1. The minimum atomic E-state index is -4.27. The Balaban J connectivity index is 2.85. The van der Waals surface area contributed by atoms with Gasteiger partial charge in [0, 0.05) is 13.5 Å². The van der Waals surface area contributed by atoms with E-state index in [0.717, 1.165) is 16.2 Å². The molecule has 0 unspecified atom stereocenters. The summed E-state index contributed by atoms with van der Waals surface area (Å²) in [6.45, 7) is 2.39. The molecule has 0 atom stereocenters. The largest absolute Gasteiger partial charge is 0.406 e. The molecule has 0 aliphatic heterocycles. The maximum Gasteiger partial charge on any atom is 0.406 e. The highest BCUT2D eigenvalue weighted by Crippen LogP contribution is 2.26. The second-order valence-electron chi connectivity index (χ2n) is 3.60. The zero-order valence-electron chi connectivity index (χ0n) is 9.54. The maximum absolute atomic E-state index is 12.3. The molecule has 0 spiro atoms. The molecule has 0 fully saturated rings. The molecule has 0 amide bonds. The van der Waals surface area contributed by atoms with E-state index in [9.17, 15) is 18.0 Å². The van der Waals surface area contributed by atoms with Gasteiger partial charge in [0.2, 0.25) is 0 Å². The molecule has 96 valence electrons. The van der Waals surface area contributed by atoms with Gasteiger partial charge in [0.25, 0.3) is 0 Å². The fraction of sp³-hybridized carbons (Fsp3) is 0.600. The Hall–Kier alpha value is -1.11. The van der Waals surface area contributed by atoms with E-state index < -0.39 is 12.7 Å². The molecule has 0 aromatic carbocycles. The van der Waals surface area contributed by atoms with Crippen molar-refractivity contribution in [1.29, 1.82) is 0 Å². The van der Waals surface area contributed by atoms with Gasteiger partial charge in [-0.15, -0.1) is 0 Å². The number of hydrogen-bond donors (Lipinski definition) is 0. The second-order valence-corrected chi connectivity index (χ2v) is 4.61. The van der Waals surface area contributed by atoms with Crippen LogP contribution < -0.4 is 4.90 Å². The summed E-state index contributed by atoms with van der Waals surface area (Å²) in [7, 11) is 0. The highest BCUT2D eigenvalue weighted by molar-refractivity contribution is 7.17. The highest BCUT2D eigenvalue weighted by Gasteiger charge is 2.31. The van der Waals surface area contributed by atoms with Crippen LogP contribution in [0.1, 0.15) is 29.9 Å². The van der Waals surface area contributed by atoms with Gasteiger partial charge in [0.15, 0.2) is 10.9 Å². The van der Waals surface area contributed by atoms with Crippen molar-refractivity contribution in [3.8, 4) is 0 Å². The van der Waals surface area contributed by atoms with Crippen LogP contribution in [0.4, 0.5) is 18.3 Å². The van der Waals surface area contributed by atoms with Crippen LogP contribution in [0.3, 0.4) is 0 Å². The Labute approximate surface area is 101 Å². The molecule has 7 heteroatoms. The van der Waals surface area contributed by atoms with E-state index >= 15 is 0 Å². The van der Waals surface area contributed by atoms with Crippen molar-refractivity contribution in [3.63, 3.8) is 0 Å². The lowest BCUT2D eigenvalue weighted by molar-refractivity contribution is -0.119. The molecule has 17 heavy (non-hydrogen) atoms. The number of anilines is 1. The first kappa shape index (κ1) is 14.0. The normalized spacial score (nSPS) is 11.6. The van der Waals surface area contributed by atoms with Gasteiger partial charge < -0.3 is 4.90 Å². The quantitative estimate of drug-likeness (QED) is 0.768. The fourth-order valence-corrected chi connectivity index (χ4v) is 2.14. The highest BCUT2D eigenvalue weighted by atomic mass is 32.1. The van der Waals surface area contributed by atoms with Crippen molar-refractivity contribution in [2.24, 2.45) is 0 Å². The van der Waals surface area contributed by atoms with Crippen LogP contribution >= 0.6 is 11.3 Å². The van der Waals surface area contributed by atoms with Crippen LogP contribution in [0, 0.1) is 0 Å². The van der Waals surface area contributed by atoms with E-state index in [4.69, 9.17) is 0 Å². The van der Waals surface area contributed by atoms with Gasteiger partial charge in [-0.05, 0) is 6.42 Å². The summed E-state index contributed by atoms with van der Waals surface area (Å²) in [6, 6.07) is 0. The molecule has 0 saturated heterocycles. The van der Waals surface area contributed by atoms with E-state index in [-0.39, 0.29) is 17.5 Å². The standard InChI is InChI=1S/C10H13F3N2OS/c1-3-4-15(6-10(11,12)13)9-14-5-8(17-9)7(2)16/h5H,3-4,6H2,1-2H3. The average molecular weight is 266 g/mol. The SMILES string of the molecule is CCCN(CC(F)(F)F)c1ncc(C(C)=O)s1. The van der Waals surface area contributed by atoms with Gasteiger partial charge in [0.05, 0.1) is 11.1 Å². The number of carbonyl (C=O) groups excluding carboxylic acids is 1. The number of ketones is 1. The zero-order chi connectivity index (χ0) is 13.1. The lowest BCUT2D eigenvalue weighted by atomic mass is 10.4. The lowest BCUT2D eigenvalue weighted by Gasteiger charge is -2.22. The lowest BCUT2D eigenvalue weighted by Crippen LogP contribution is -2.34. The number of carbonyl (C=O) groups is 1. The van der Waals surface area contributed by atoms with Crippen LogP contribution in [0.25, 0.3) is 0 Å². The third kappa shape index (κ3) is 4.33. The average Bonchev–Trinajstić information content (AvgIpc) is 2.63. The third-order valence-corrected chi connectivity index (χ3v) is 3.13. The number of aromatic nitrogens is 1. The van der Waals surface area contributed by atoms with Crippen LogP contribution in [-0.2, 0) is 0 Å². The van der Waals surface area contributed by atoms with Gasteiger partial charge in [-0.2, -0.15) is 13.2 Å². The molecule has 0 aliphatic rings. The number of rotatable bonds is 5. The molecule has 0 radical (unpaired) electrons. The maximum atomic E-state index is 12.3. The Kier molecular flexibility index (Phi) is 4.50. The molecule has 1 aromatic rings. The first-order valence-corrected chi connectivity index (χ1v) is 5.93. The molecule has 0 saturated carbocycles. The summed E-state index contributed by atoms with van der Waals surface area (Å²) in [6.07, 6.45) is -2.36. The first-order valence-electron chi connectivity index (χ1n) is 5.12. The predicted octanol–water partition coefficient (Wildman–Crippen LogP) is 3.12. The van der Waals surface area contributed by atoms with Crippen molar-refractivity contribution < 1.29 is 18.0 Å². The Morgan fingerprint density at radius 1 is 1.53 bits per heavy atom. The summed E-state index contributed by atoms with van der Waals surface area (Å²) in [5.74, 6) is -0.183. The molecule has 0 N–H and O–H groups in total.